The molecule has 3 aromatic rings. The third-order valence-corrected chi connectivity index (χ3v) is 8.19. The predicted molar refractivity (Wildman–Crippen MR) is 156 cm³/mol. The molecule has 0 radical (unpaired) electrons. The van der Waals surface area contributed by atoms with Gasteiger partial charge in [0.2, 0.25) is 11.6 Å². The van der Waals surface area contributed by atoms with E-state index >= 15 is 0 Å². The smallest absolute Gasteiger partial charge is 0.361 e. The number of nitrogens with zero attached hydrogens (tertiary/aromatic N) is 5. The first-order valence-corrected chi connectivity index (χ1v) is 14.1. The highest BCUT2D eigenvalue weighted by molar-refractivity contribution is 6.00. The van der Waals surface area contributed by atoms with Crippen LogP contribution in [0, 0.1) is 5.92 Å². The number of fused-ring (bicyclic) bond motifs is 1. The van der Waals surface area contributed by atoms with Crippen LogP contribution in [0.3, 0.4) is 0 Å². The van der Waals surface area contributed by atoms with Gasteiger partial charge in [0, 0.05) is 18.5 Å². The first-order valence-electron chi connectivity index (χ1n) is 14.1. The Bertz CT molecular complexity index is 1550. The fraction of sp³-hybridized carbons (Fsp3) is 0.419. The maximum Gasteiger partial charge on any atom is 0.361 e. The molecule has 5 rings (SSSR count). The zero-order valence-electron chi connectivity index (χ0n) is 24.2. The average molecular weight is 573 g/mol. The number of aromatic nitrogens is 4. The molecule has 11 nitrogen and oxygen atoms in total. The fourth-order valence-corrected chi connectivity index (χ4v) is 5.82. The lowest BCUT2D eigenvalue weighted by molar-refractivity contribution is -0.125. The first-order chi connectivity index (χ1) is 20.3. The van der Waals surface area contributed by atoms with E-state index in [2.05, 4.69) is 45.1 Å². The normalized spacial score (nSPS) is 20.6. The molecule has 1 amide bonds. The second-order valence-corrected chi connectivity index (χ2v) is 10.9. The van der Waals surface area contributed by atoms with E-state index in [0.29, 0.717) is 25.4 Å². The number of methoxy groups -OCH3 is 2. The Labute approximate surface area is 244 Å². The van der Waals surface area contributed by atoms with E-state index in [4.69, 9.17) is 9.47 Å². The molecule has 3 heterocycles. The van der Waals surface area contributed by atoms with E-state index in [-0.39, 0.29) is 23.8 Å². The Hall–Kier alpha value is -4.38. The Morgan fingerprint density at radius 2 is 1.88 bits per heavy atom. The summed E-state index contributed by atoms with van der Waals surface area (Å²) in [4.78, 5) is 45.5. The summed E-state index contributed by atoms with van der Waals surface area (Å²) in [5.41, 5.74) is 3.78. The number of nitrogens with one attached hydrogen (secondary N) is 1. The van der Waals surface area contributed by atoms with Gasteiger partial charge in [-0.15, -0.1) is 5.10 Å². The average Bonchev–Trinajstić information content (AvgIpc) is 3.64. The Morgan fingerprint density at radius 1 is 1.10 bits per heavy atom. The summed E-state index contributed by atoms with van der Waals surface area (Å²) in [6, 6.07) is 10.9. The molecule has 0 bridgehead atoms. The van der Waals surface area contributed by atoms with E-state index in [1.54, 1.807) is 0 Å². The number of para-hydroxylation sites is 1. The van der Waals surface area contributed by atoms with Crippen molar-refractivity contribution in [2.75, 3.05) is 27.3 Å². The van der Waals surface area contributed by atoms with E-state index < -0.39 is 24.0 Å². The number of carbonyl (C=O) groups is 3. The van der Waals surface area contributed by atoms with Crippen LogP contribution >= 0.6 is 0 Å². The van der Waals surface area contributed by atoms with E-state index in [1.165, 1.54) is 30.0 Å². The third-order valence-electron chi connectivity index (χ3n) is 8.19. The second kappa shape index (κ2) is 12.6. The second-order valence-electron chi connectivity index (χ2n) is 10.9. The van der Waals surface area contributed by atoms with Crippen molar-refractivity contribution < 1.29 is 23.9 Å². The summed E-state index contributed by atoms with van der Waals surface area (Å²) in [6.45, 7) is 7.51. The van der Waals surface area contributed by atoms with Crippen LogP contribution in [-0.4, -0.2) is 76.1 Å². The third kappa shape index (κ3) is 6.11. The highest BCUT2D eigenvalue weighted by Crippen LogP contribution is 2.33. The molecule has 3 atom stereocenters. The van der Waals surface area contributed by atoms with Gasteiger partial charge < -0.3 is 14.8 Å². The molecular formula is C31H36N6O5. The number of amides is 1. The number of ether oxygens (including phenoxy) is 2. The number of esters is 2. The summed E-state index contributed by atoms with van der Waals surface area (Å²) < 4.78 is 11.1. The number of likely N-dealkylation sites (tertiary alicyclic amines) is 1. The SMILES string of the molecule is C=C(C)[C@@H]1CC=C(CN2C[C@@H](n3nnc(C(=O)OC)c3C(=O)OC)C[C@H]2C(=O)NCc2ccc3ccccc3n2)CC1. The molecule has 1 saturated heterocycles. The van der Waals surface area contributed by atoms with Crippen molar-refractivity contribution >= 4 is 28.7 Å². The topological polar surface area (TPSA) is 129 Å². The molecule has 42 heavy (non-hydrogen) atoms. The van der Waals surface area contributed by atoms with Gasteiger partial charge in [0.15, 0.2) is 5.69 Å². The van der Waals surface area contributed by atoms with E-state index in [9.17, 15) is 14.4 Å². The lowest BCUT2D eigenvalue weighted by atomic mass is 9.85. The van der Waals surface area contributed by atoms with Crippen molar-refractivity contribution in [3.63, 3.8) is 0 Å². The molecule has 0 unspecified atom stereocenters. The molecule has 1 aliphatic carbocycles. The maximum atomic E-state index is 13.7. The minimum atomic E-state index is -0.784. The summed E-state index contributed by atoms with van der Waals surface area (Å²) in [5.74, 6) is -1.20. The predicted octanol–water partition coefficient (Wildman–Crippen LogP) is 3.63. The number of hydrogen-bond acceptors (Lipinski definition) is 9. The monoisotopic (exact) mass is 572 g/mol. The minimum absolute atomic E-state index is 0.0862. The largest absolute Gasteiger partial charge is 0.464 e. The Morgan fingerprint density at radius 3 is 2.60 bits per heavy atom. The Kier molecular flexibility index (Phi) is 8.77. The Balaban J connectivity index is 1.38. The molecule has 11 heteroatoms. The van der Waals surface area contributed by atoms with Crippen LogP contribution in [0.15, 0.2) is 60.2 Å². The molecule has 0 saturated carbocycles. The van der Waals surface area contributed by atoms with Gasteiger partial charge in [-0.25, -0.2) is 14.3 Å². The van der Waals surface area contributed by atoms with Crippen molar-refractivity contribution in [2.45, 2.75) is 51.2 Å². The number of hydrogen-bond donors (Lipinski definition) is 1. The first kappa shape index (κ1) is 29.1. The fourth-order valence-electron chi connectivity index (χ4n) is 5.82. The maximum absolute atomic E-state index is 13.7. The number of allylic oxidation sites excluding steroid dienone is 2. The van der Waals surface area contributed by atoms with E-state index in [0.717, 1.165) is 35.9 Å². The van der Waals surface area contributed by atoms with E-state index in [1.807, 2.05) is 36.4 Å². The van der Waals surface area contributed by atoms with Crippen LogP contribution in [0.25, 0.3) is 10.9 Å². The molecule has 1 aliphatic heterocycles. The number of rotatable bonds is 9. The highest BCUT2D eigenvalue weighted by Gasteiger charge is 2.41. The van der Waals surface area contributed by atoms with Gasteiger partial charge in [0.1, 0.15) is 0 Å². The van der Waals surface area contributed by atoms with Crippen molar-refractivity contribution in [3.8, 4) is 0 Å². The van der Waals surface area contributed by atoms with Crippen LogP contribution in [0.5, 0.6) is 0 Å². The van der Waals surface area contributed by atoms with Gasteiger partial charge in [-0.3, -0.25) is 14.7 Å². The van der Waals surface area contributed by atoms with Gasteiger partial charge in [-0.05, 0) is 50.7 Å². The molecule has 0 spiro atoms. The van der Waals surface area contributed by atoms with Gasteiger partial charge >= 0.3 is 11.9 Å². The molecule has 2 aromatic heterocycles. The number of benzene rings is 1. The highest BCUT2D eigenvalue weighted by atomic mass is 16.5. The van der Waals surface area contributed by atoms with Gasteiger partial charge in [-0.2, -0.15) is 0 Å². The van der Waals surface area contributed by atoms with Crippen LogP contribution in [0.1, 0.15) is 65.3 Å². The van der Waals surface area contributed by atoms with Crippen LogP contribution in [0.2, 0.25) is 0 Å². The zero-order chi connectivity index (χ0) is 29.8. The van der Waals surface area contributed by atoms with Crippen molar-refractivity contribution in [1.29, 1.82) is 0 Å². The molecule has 2 aliphatic rings. The molecule has 1 N–H and O–H groups in total. The lowest BCUT2D eigenvalue weighted by Crippen LogP contribution is -2.43. The van der Waals surface area contributed by atoms with Gasteiger partial charge in [-0.1, -0.05) is 53.3 Å². The lowest BCUT2D eigenvalue weighted by Gasteiger charge is -2.28. The quantitative estimate of drug-likeness (QED) is 0.302. The minimum Gasteiger partial charge on any atom is -0.464 e. The van der Waals surface area contributed by atoms with Crippen LogP contribution in [-0.2, 0) is 20.8 Å². The summed E-state index contributed by atoms with van der Waals surface area (Å²) in [5, 5.41) is 12.2. The summed E-state index contributed by atoms with van der Waals surface area (Å²) in [6.07, 6.45) is 5.52. The van der Waals surface area contributed by atoms with Crippen LogP contribution in [0.4, 0.5) is 0 Å². The molecule has 220 valence electrons. The summed E-state index contributed by atoms with van der Waals surface area (Å²) >= 11 is 0. The van der Waals surface area contributed by atoms with Crippen molar-refractivity contribution in [3.05, 3.63) is 77.3 Å². The molecular weight excluding hydrogens is 536 g/mol. The molecule has 1 fully saturated rings. The number of carbonyl (C=O) groups excluding carboxylic acids is 3. The zero-order valence-corrected chi connectivity index (χ0v) is 24.2. The summed E-state index contributed by atoms with van der Waals surface area (Å²) in [7, 11) is 2.44. The van der Waals surface area contributed by atoms with Crippen molar-refractivity contribution in [1.82, 2.24) is 30.2 Å². The van der Waals surface area contributed by atoms with Crippen LogP contribution < -0.4 is 5.32 Å². The molecule has 1 aromatic carbocycles. The number of pyridine rings is 1. The van der Waals surface area contributed by atoms with Crippen molar-refractivity contribution in [2.24, 2.45) is 5.92 Å². The van der Waals surface area contributed by atoms with Gasteiger partial charge in [0.25, 0.3) is 0 Å². The van der Waals surface area contributed by atoms with Gasteiger partial charge in [0.05, 0.1) is 44.1 Å². The standard InChI is InChI=1S/C31H36N6O5/c1-19(2)21-11-9-20(10-12-21)17-36-18-24(37-28(31(40)42-4)27(34-35-37)30(39)41-3)15-26(36)29(38)32-16-23-14-13-22-7-5-6-8-25(22)33-23/h5-9,13-14,21,24,26H,1,10-12,15-18H2,2-4H3,(H,32,38)/t21-,24+,26+/m1/s1.